The summed E-state index contributed by atoms with van der Waals surface area (Å²) in [5, 5.41) is 0. The molecule has 0 aliphatic rings. The van der Waals surface area contributed by atoms with E-state index in [0.717, 1.165) is 13.1 Å². The predicted molar refractivity (Wildman–Crippen MR) is 80.6 cm³/mol. The van der Waals surface area contributed by atoms with E-state index in [0.29, 0.717) is 0 Å². The fraction of sp³-hybridized carbons (Fsp3) is 0.667. The normalized spacial score (nSPS) is 13.2. The van der Waals surface area contributed by atoms with E-state index in [1.54, 1.807) is 0 Å². The van der Waals surface area contributed by atoms with Gasteiger partial charge in [-0.3, -0.25) is 0 Å². The molecule has 0 fully saturated rings. The standard InChI is InChI=1S/C12H28N2Si2/c1-9-15(5,6)13(3)11-12-14(4)16(7,8)10-2/h9-10H,1-2,11-12H2,3-8H3. The Hall–Kier alpha value is -0.166. The first-order chi connectivity index (χ1) is 7.17. The molecule has 0 atom stereocenters. The van der Waals surface area contributed by atoms with Gasteiger partial charge < -0.3 is 9.13 Å². The lowest BCUT2D eigenvalue weighted by Crippen LogP contribution is -2.51. The summed E-state index contributed by atoms with van der Waals surface area (Å²) >= 11 is 0. The van der Waals surface area contributed by atoms with Crippen LogP contribution in [-0.4, -0.2) is 52.8 Å². The van der Waals surface area contributed by atoms with Gasteiger partial charge in [0.1, 0.15) is 16.5 Å². The summed E-state index contributed by atoms with van der Waals surface area (Å²) in [6.45, 7) is 19.4. The molecule has 0 radical (unpaired) electrons. The Labute approximate surface area is 104 Å². The third kappa shape index (κ3) is 4.37. The molecule has 0 unspecified atom stereocenters. The first-order valence-electron chi connectivity index (χ1n) is 5.87. The van der Waals surface area contributed by atoms with Crippen LogP contribution in [0.5, 0.6) is 0 Å². The van der Waals surface area contributed by atoms with Crippen LogP contribution in [-0.2, 0) is 0 Å². The number of hydrogen-bond donors (Lipinski definition) is 0. The summed E-state index contributed by atoms with van der Waals surface area (Å²) in [6, 6.07) is 0. The van der Waals surface area contributed by atoms with Crippen LogP contribution in [0.1, 0.15) is 0 Å². The molecule has 0 bridgehead atoms. The van der Waals surface area contributed by atoms with Gasteiger partial charge in [-0.1, -0.05) is 37.6 Å². The third-order valence-corrected chi connectivity index (χ3v) is 10.1. The van der Waals surface area contributed by atoms with Crippen molar-refractivity contribution in [1.82, 2.24) is 9.13 Å². The van der Waals surface area contributed by atoms with Crippen molar-refractivity contribution in [3.05, 3.63) is 24.6 Å². The van der Waals surface area contributed by atoms with Crippen LogP contribution in [0.15, 0.2) is 24.6 Å². The van der Waals surface area contributed by atoms with Crippen molar-refractivity contribution >= 4 is 16.5 Å². The highest BCUT2D eigenvalue weighted by atomic mass is 28.3. The van der Waals surface area contributed by atoms with Gasteiger partial charge in [0.05, 0.1) is 0 Å². The van der Waals surface area contributed by atoms with Gasteiger partial charge in [-0.25, -0.2) is 0 Å². The number of nitrogens with zero attached hydrogens (tertiary/aromatic N) is 2. The average Bonchev–Trinajstić information content (AvgIpc) is 2.24. The molecule has 94 valence electrons. The van der Waals surface area contributed by atoms with Crippen LogP contribution < -0.4 is 0 Å². The van der Waals surface area contributed by atoms with E-state index >= 15 is 0 Å². The number of likely N-dealkylation sites (N-methyl/N-ethyl adjacent to an activating group) is 2. The number of hydrogen-bond acceptors (Lipinski definition) is 2. The average molecular weight is 257 g/mol. The largest absolute Gasteiger partial charge is 0.322 e. The van der Waals surface area contributed by atoms with E-state index in [1.807, 2.05) is 0 Å². The Morgan fingerprint density at radius 3 is 1.25 bits per heavy atom. The molecule has 0 spiro atoms. The van der Waals surface area contributed by atoms with Crippen molar-refractivity contribution < 1.29 is 0 Å². The van der Waals surface area contributed by atoms with E-state index in [2.05, 4.69) is 74.0 Å². The summed E-state index contributed by atoms with van der Waals surface area (Å²) in [6.07, 6.45) is 0. The predicted octanol–water partition coefficient (Wildman–Crippen LogP) is 2.71. The molecular weight excluding hydrogens is 228 g/mol. The smallest absolute Gasteiger partial charge is 0.146 e. The topological polar surface area (TPSA) is 6.48 Å². The Bertz CT molecular complexity index is 223. The molecule has 0 aliphatic carbocycles. The van der Waals surface area contributed by atoms with Gasteiger partial charge >= 0.3 is 0 Å². The van der Waals surface area contributed by atoms with Crippen molar-refractivity contribution in [2.45, 2.75) is 26.2 Å². The quantitative estimate of drug-likeness (QED) is 0.646. The second-order valence-corrected chi connectivity index (χ2v) is 14.5. The SMILES string of the molecule is C=C[Si](C)(C)N(C)CCN(C)[Si](C)(C)C=C. The molecule has 0 aromatic heterocycles. The fourth-order valence-electron chi connectivity index (χ4n) is 1.19. The number of rotatable bonds is 7. The maximum Gasteiger partial charge on any atom is 0.146 e. The van der Waals surface area contributed by atoms with Crippen LogP contribution in [0.2, 0.25) is 26.2 Å². The fourth-order valence-corrected chi connectivity index (χ4v) is 3.16. The van der Waals surface area contributed by atoms with Gasteiger partial charge in [0.25, 0.3) is 0 Å². The highest BCUT2D eigenvalue weighted by molar-refractivity contribution is 6.80. The monoisotopic (exact) mass is 256 g/mol. The molecule has 0 aromatic rings. The molecule has 0 rings (SSSR count). The van der Waals surface area contributed by atoms with Gasteiger partial charge in [0.15, 0.2) is 0 Å². The van der Waals surface area contributed by atoms with E-state index in [1.165, 1.54) is 0 Å². The van der Waals surface area contributed by atoms with E-state index in [-0.39, 0.29) is 0 Å². The van der Waals surface area contributed by atoms with Gasteiger partial charge in [-0.05, 0) is 14.1 Å². The highest BCUT2D eigenvalue weighted by Crippen LogP contribution is 2.11. The summed E-state index contributed by atoms with van der Waals surface area (Å²) in [5.74, 6) is 0. The van der Waals surface area contributed by atoms with Crippen molar-refractivity contribution in [2.24, 2.45) is 0 Å². The minimum atomic E-state index is -1.36. The Kier molecular flexibility index (Phi) is 5.89. The lowest BCUT2D eigenvalue weighted by Gasteiger charge is -2.36. The molecule has 4 heteroatoms. The summed E-state index contributed by atoms with van der Waals surface area (Å²) in [4.78, 5) is 0. The van der Waals surface area contributed by atoms with E-state index < -0.39 is 16.5 Å². The van der Waals surface area contributed by atoms with Crippen LogP contribution in [0.4, 0.5) is 0 Å². The zero-order valence-corrected chi connectivity index (χ0v) is 13.9. The molecular formula is C12H28N2Si2. The third-order valence-electron chi connectivity index (χ3n) is 3.74. The summed E-state index contributed by atoms with van der Waals surface area (Å²) in [7, 11) is 1.71. The minimum absolute atomic E-state index is 1.12. The van der Waals surface area contributed by atoms with Crippen molar-refractivity contribution in [3.8, 4) is 0 Å². The molecule has 16 heavy (non-hydrogen) atoms. The summed E-state index contributed by atoms with van der Waals surface area (Å²) < 4.78 is 4.95. The Morgan fingerprint density at radius 1 is 0.812 bits per heavy atom. The van der Waals surface area contributed by atoms with Gasteiger partial charge in [0, 0.05) is 13.1 Å². The molecule has 0 N–H and O–H groups in total. The Balaban J connectivity index is 4.26. The first kappa shape index (κ1) is 15.8. The maximum absolute atomic E-state index is 3.94. The molecule has 0 heterocycles. The van der Waals surface area contributed by atoms with Crippen LogP contribution in [0.25, 0.3) is 0 Å². The van der Waals surface area contributed by atoms with Crippen molar-refractivity contribution in [2.75, 3.05) is 27.2 Å². The lowest BCUT2D eigenvalue weighted by molar-refractivity contribution is 0.419. The zero-order chi connectivity index (χ0) is 13.0. The van der Waals surface area contributed by atoms with Crippen LogP contribution in [0.3, 0.4) is 0 Å². The van der Waals surface area contributed by atoms with Crippen molar-refractivity contribution in [3.63, 3.8) is 0 Å². The van der Waals surface area contributed by atoms with E-state index in [9.17, 15) is 0 Å². The van der Waals surface area contributed by atoms with E-state index in [4.69, 9.17) is 0 Å². The van der Waals surface area contributed by atoms with Gasteiger partial charge in [0.2, 0.25) is 0 Å². The second-order valence-electron chi connectivity index (χ2n) is 5.56. The highest BCUT2D eigenvalue weighted by Gasteiger charge is 2.25. The molecule has 0 aromatic carbocycles. The summed E-state index contributed by atoms with van der Waals surface area (Å²) in [5.41, 5.74) is 4.28. The second kappa shape index (κ2) is 5.95. The molecule has 0 aliphatic heterocycles. The minimum Gasteiger partial charge on any atom is -0.322 e. The van der Waals surface area contributed by atoms with Gasteiger partial charge in [-0.15, -0.1) is 13.2 Å². The van der Waals surface area contributed by atoms with Gasteiger partial charge in [-0.2, -0.15) is 0 Å². The zero-order valence-electron chi connectivity index (χ0n) is 11.9. The van der Waals surface area contributed by atoms with Crippen LogP contribution in [0, 0.1) is 0 Å². The molecule has 0 saturated carbocycles. The molecule has 0 amide bonds. The maximum atomic E-state index is 3.94. The first-order valence-corrected chi connectivity index (χ1v) is 11.9. The molecule has 0 saturated heterocycles. The lowest BCUT2D eigenvalue weighted by atomic mass is 10.6. The molecule has 2 nitrogen and oxygen atoms in total. The van der Waals surface area contributed by atoms with Crippen LogP contribution >= 0.6 is 0 Å². The van der Waals surface area contributed by atoms with Crippen molar-refractivity contribution in [1.29, 1.82) is 0 Å². The Morgan fingerprint density at radius 2 is 1.06 bits per heavy atom.